The Hall–Kier alpha value is -2.20. The van der Waals surface area contributed by atoms with Crippen LogP contribution < -0.4 is 0 Å². The minimum Gasteiger partial charge on any atom is -0.294 e. The molecule has 0 aromatic heterocycles. The van der Waals surface area contributed by atoms with Gasteiger partial charge in [0.15, 0.2) is 5.78 Å². The van der Waals surface area contributed by atoms with Gasteiger partial charge < -0.3 is 0 Å². The Labute approximate surface area is 127 Å². The van der Waals surface area contributed by atoms with Gasteiger partial charge in [-0.1, -0.05) is 54.1 Å². The Morgan fingerprint density at radius 2 is 1.86 bits per heavy atom. The molecule has 0 radical (unpaired) electrons. The van der Waals surface area contributed by atoms with Crippen molar-refractivity contribution in [3.8, 4) is 0 Å². The summed E-state index contributed by atoms with van der Waals surface area (Å²) in [5, 5.41) is 11.3. The quantitative estimate of drug-likeness (QED) is 0.461. The van der Waals surface area contributed by atoms with E-state index in [9.17, 15) is 14.9 Å². The molecule has 2 aromatic rings. The van der Waals surface area contributed by atoms with Crippen LogP contribution in [-0.4, -0.2) is 17.3 Å². The monoisotopic (exact) mass is 303 g/mol. The summed E-state index contributed by atoms with van der Waals surface area (Å²) in [6.45, 7) is -0.268. The molecular weight excluding hydrogens is 290 g/mol. The average Bonchev–Trinajstić information content (AvgIpc) is 2.47. The van der Waals surface area contributed by atoms with E-state index in [4.69, 9.17) is 11.6 Å². The number of ketones is 1. The fourth-order valence-corrected chi connectivity index (χ4v) is 2.39. The molecule has 1 atom stereocenters. The highest BCUT2D eigenvalue weighted by molar-refractivity contribution is 6.31. The number of carbonyl (C=O) groups is 1. The zero-order chi connectivity index (χ0) is 15.2. The van der Waals surface area contributed by atoms with E-state index >= 15 is 0 Å². The third-order valence-electron chi connectivity index (χ3n) is 3.22. The Balaban J connectivity index is 2.19. The van der Waals surface area contributed by atoms with Crippen molar-refractivity contribution in [2.45, 2.75) is 12.3 Å². The molecule has 108 valence electrons. The summed E-state index contributed by atoms with van der Waals surface area (Å²) in [7, 11) is 0. The van der Waals surface area contributed by atoms with Crippen LogP contribution >= 0.6 is 11.6 Å². The van der Waals surface area contributed by atoms with Crippen LogP contribution in [0.5, 0.6) is 0 Å². The molecule has 0 aliphatic heterocycles. The molecule has 0 aliphatic carbocycles. The maximum atomic E-state index is 12.3. The summed E-state index contributed by atoms with van der Waals surface area (Å²) in [6, 6.07) is 15.7. The third kappa shape index (κ3) is 4.39. The van der Waals surface area contributed by atoms with Crippen molar-refractivity contribution in [1.29, 1.82) is 0 Å². The molecule has 0 spiro atoms. The standard InChI is InChI=1S/C16H14ClNO3/c17-15-8-4-7-13(9-15)16(19)10-14(11-18(20)21)12-5-2-1-3-6-12/h1-9,14H,10-11H2/t14-/m0/s1. The summed E-state index contributed by atoms with van der Waals surface area (Å²) < 4.78 is 0. The van der Waals surface area contributed by atoms with Crippen LogP contribution in [0.1, 0.15) is 28.3 Å². The second kappa shape index (κ2) is 6.99. The number of nitro groups is 1. The lowest BCUT2D eigenvalue weighted by Gasteiger charge is -2.12. The topological polar surface area (TPSA) is 60.2 Å². The van der Waals surface area contributed by atoms with Gasteiger partial charge in [0.1, 0.15) is 0 Å². The molecule has 0 heterocycles. The fraction of sp³-hybridized carbons (Fsp3) is 0.188. The Bertz CT molecular complexity index is 643. The predicted octanol–water partition coefficient (Wildman–Crippen LogP) is 3.97. The zero-order valence-corrected chi connectivity index (χ0v) is 12.0. The van der Waals surface area contributed by atoms with Crippen LogP contribution in [0.4, 0.5) is 0 Å². The van der Waals surface area contributed by atoms with Gasteiger partial charge >= 0.3 is 0 Å². The van der Waals surface area contributed by atoms with Crippen molar-refractivity contribution in [1.82, 2.24) is 0 Å². The van der Waals surface area contributed by atoms with Gasteiger partial charge in [-0.25, -0.2) is 0 Å². The molecule has 2 aromatic carbocycles. The largest absolute Gasteiger partial charge is 0.294 e. The number of nitrogens with zero attached hydrogens (tertiary/aromatic N) is 1. The molecule has 5 heteroatoms. The van der Waals surface area contributed by atoms with Crippen LogP contribution in [0.3, 0.4) is 0 Å². The van der Waals surface area contributed by atoms with Gasteiger partial charge in [0.25, 0.3) is 0 Å². The molecule has 0 N–H and O–H groups in total. The number of benzene rings is 2. The minimum atomic E-state index is -0.437. The van der Waals surface area contributed by atoms with E-state index in [1.54, 1.807) is 36.4 Å². The Morgan fingerprint density at radius 1 is 1.14 bits per heavy atom. The van der Waals surface area contributed by atoms with Crippen molar-refractivity contribution in [3.05, 3.63) is 80.9 Å². The lowest BCUT2D eigenvalue weighted by atomic mass is 9.91. The van der Waals surface area contributed by atoms with Gasteiger partial charge in [-0.15, -0.1) is 0 Å². The predicted molar refractivity (Wildman–Crippen MR) is 81.4 cm³/mol. The first kappa shape index (κ1) is 15.2. The van der Waals surface area contributed by atoms with Gasteiger partial charge in [0.2, 0.25) is 6.54 Å². The number of hydrogen-bond acceptors (Lipinski definition) is 3. The van der Waals surface area contributed by atoms with Crippen molar-refractivity contribution in [2.75, 3.05) is 6.54 Å². The fourth-order valence-electron chi connectivity index (χ4n) is 2.20. The molecule has 0 unspecified atom stereocenters. The lowest BCUT2D eigenvalue weighted by molar-refractivity contribution is -0.483. The molecule has 0 saturated heterocycles. The smallest absolute Gasteiger partial charge is 0.211 e. The van der Waals surface area contributed by atoms with E-state index in [0.29, 0.717) is 10.6 Å². The minimum absolute atomic E-state index is 0.0886. The number of Topliss-reactive ketones (excluding diaryl/α,β-unsaturated/α-hetero) is 1. The van der Waals surface area contributed by atoms with Crippen LogP contribution in [0.15, 0.2) is 54.6 Å². The maximum absolute atomic E-state index is 12.3. The molecule has 0 aliphatic rings. The van der Waals surface area contributed by atoms with E-state index in [1.165, 1.54) is 0 Å². The van der Waals surface area contributed by atoms with Crippen molar-refractivity contribution < 1.29 is 9.72 Å². The highest BCUT2D eigenvalue weighted by Gasteiger charge is 2.22. The molecule has 0 fully saturated rings. The van der Waals surface area contributed by atoms with Crippen molar-refractivity contribution in [3.63, 3.8) is 0 Å². The van der Waals surface area contributed by atoms with Crippen LogP contribution in [0.25, 0.3) is 0 Å². The molecule has 4 nitrogen and oxygen atoms in total. The average molecular weight is 304 g/mol. The van der Waals surface area contributed by atoms with E-state index in [2.05, 4.69) is 0 Å². The van der Waals surface area contributed by atoms with Gasteiger partial charge in [-0.05, 0) is 17.7 Å². The Kier molecular flexibility index (Phi) is 5.06. The SMILES string of the molecule is O=C(C[C@@H](C[N+](=O)[O-])c1ccccc1)c1cccc(Cl)c1. The van der Waals surface area contributed by atoms with E-state index in [-0.39, 0.29) is 23.7 Å². The van der Waals surface area contributed by atoms with Gasteiger partial charge in [0, 0.05) is 21.9 Å². The second-order valence-electron chi connectivity index (χ2n) is 4.76. The van der Waals surface area contributed by atoms with E-state index in [1.807, 2.05) is 18.2 Å². The summed E-state index contributed by atoms with van der Waals surface area (Å²) >= 11 is 5.87. The second-order valence-corrected chi connectivity index (χ2v) is 5.20. The molecule has 0 bridgehead atoms. The van der Waals surface area contributed by atoms with Crippen LogP contribution in [0, 0.1) is 10.1 Å². The summed E-state index contributed by atoms with van der Waals surface area (Å²) in [5.41, 5.74) is 1.27. The highest BCUT2D eigenvalue weighted by atomic mass is 35.5. The summed E-state index contributed by atoms with van der Waals surface area (Å²) in [4.78, 5) is 22.7. The number of carbonyl (C=O) groups excluding carboxylic acids is 1. The molecule has 0 amide bonds. The summed E-state index contributed by atoms with van der Waals surface area (Å²) in [5.74, 6) is -0.583. The van der Waals surface area contributed by atoms with Gasteiger partial charge in [-0.2, -0.15) is 0 Å². The number of hydrogen-bond donors (Lipinski definition) is 0. The highest BCUT2D eigenvalue weighted by Crippen LogP contribution is 2.23. The van der Waals surface area contributed by atoms with Crippen LogP contribution in [0.2, 0.25) is 5.02 Å². The van der Waals surface area contributed by atoms with Gasteiger partial charge in [0.05, 0.1) is 5.92 Å². The van der Waals surface area contributed by atoms with Gasteiger partial charge in [-0.3, -0.25) is 14.9 Å². The normalized spacial score (nSPS) is 11.9. The maximum Gasteiger partial charge on any atom is 0.211 e. The molecule has 21 heavy (non-hydrogen) atoms. The van der Waals surface area contributed by atoms with Crippen LogP contribution in [-0.2, 0) is 0 Å². The van der Waals surface area contributed by atoms with E-state index < -0.39 is 5.92 Å². The van der Waals surface area contributed by atoms with Crippen molar-refractivity contribution in [2.24, 2.45) is 0 Å². The Morgan fingerprint density at radius 3 is 2.48 bits per heavy atom. The first-order valence-electron chi connectivity index (χ1n) is 6.52. The molecule has 2 rings (SSSR count). The zero-order valence-electron chi connectivity index (χ0n) is 11.2. The third-order valence-corrected chi connectivity index (χ3v) is 3.45. The first-order chi connectivity index (χ1) is 10.1. The number of halogens is 1. The van der Waals surface area contributed by atoms with E-state index in [0.717, 1.165) is 5.56 Å². The first-order valence-corrected chi connectivity index (χ1v) is 6.89. The summed E-state index contributed by atoms with van der Waals surface area (Å²) in [6.07, 6.45) is 0.0886. The van der Waals surface area contributed by atoms with Crippen molar-refractivity contribution >= 4 is 17.4 Å². The molecular formula is C16H14ClNO3. The number of rotatable bonds is 6. The molecule has 0 saturated carbocycles. The lowest BCUT2D eigenvalue weighted by Crippen LogP contribution is -2.16.